The van der Waals surface area contributed by atoms with E-state index >= 15 is 0 Å². The summed E-state index contributed by atoms with van der Waals surface area (Å²) in [6, 6.07) is 2.91. The molecule has 2 aliphatic heterocycles. The maximum atomic E-state index is 12.7. The highest BCUT2D eigenvalue weighted by molar-refractivity contribution is 5.92. The molecule has 1 aromatic rings. The molecule has 148 valence electrons. The molecule has 0 unspecified atom stereocenters. The first kappa shape index (κ1) is 19.5. The van der Waals surface area contributed by atoms with Gasteiger partial charge in [-0.2, -0.15) is 5.10 Å². The third-order valence-electron chi connectivity index (χ3n) is 5.25. The first-order valence-electron chi connectivity index (χ1n) is 9.96. The Bertz CT molecular complexity index is 718. The number of aromatic nitrogens is 2. The first-order chi connectivity index (χ1) is 13.1. The summed E-state index contributed by atoms with van der Waals surface area (Å²) in [5.41, 5.74) is 0.121. The number of likely N-dealkylation sites (tertiary alicyclic amines) is 1. The second-order valence-electron chi connectivity index (χ2n) is 7.29. The molecule has 0 aromatic carbocycles. The van der Waals surface area contributed by atoms with Crippen LogP contribution in [0.25, 0.3) is 0 Å². The number of carbonyl (C=O) groups excluding carboxylic acids is 2. The molecule has 0 atom stereocenters. The van der Waals surface area contributed by atoms with Crippen molar-refractivity contribution in [1.82, 2.24) is 24.5 Å². The average molecular weight is 375 g/mol. The van der Waals surface area contributed by atoms with Crippen molar-refractivity contribution < 1.29 is 9.59 Å². The van der Waals surface area contributed by atoms with Crippen LogP contribution in [0.4, 0.5) is 0 Å². The van der Waals surface area contributed by atoms with Gasteiger partial charge >= 0.3 is 0 Å². The molecule has 1 aromatic heterocycles. The molecule has 0 radical (unpaired) electrons. The van der Waals surface area contributed by atoms with E-state index in [9.17, 15) is 14.4 Å². The van der Waals surface area contributed by atoms with Crippen LogP contribution in [0.5, 0.6) is 0 Å². The number of hydrogen-bond acceptors (Lipinski definition) is 5. The Morgan fingerprint density at radius 3 is 2.33 bits per heavy atom. The fraction of sp³-hybridized carbons (Fsp3) is 0.684. The van der Waals surface area contributed by atoms with E-state index in [-0.39, 0.29) is 17.4 Å². The van der Waals surface area contributed by atoms with Gasteiger partial charge < -0.3 is 9.80 Å². The summed E-state index contributed by atoms with van der Waals surface area (Å²) in [6.07, 6.45) is 4.20. The number of nitrogens with zero attached hydrogens (tertiary/aromatic N) is 5. The Morgan fingerprint density at radius 2 is 1.67 bits per heavy atom. The van der Waals surface area contributed by atoms with Crippen molar-refractivity contribution in [3.8, 4) is 0 Å². The van der Waals surface area contributed by atoms with Gasteiger partial charge in [-0.1, -0.05) is 6.92 Å². The molecule has 8 heteroatoms. The smallest absolute Gasteiger partial charge is 0.274 e. The Kier molecular flexibility index (Phi) is 6.60. The fourth-order valence-electron chi connectivity index (χ4n) is 3.64. The van der Waals surface area contributed by atoms with E-state index in [4.69, 9.17) is 0 Å². The fourth-order valence-corrected chi connectivity index (χ4v) is 3.64. The average Bonchev–Trinajstić information content (AvgIpc) is 2.70. The monoisotopic (exact) mass is 375 g/mol. The lowest BCUT2D eigenvalue weighted by atomic mass is 10.1. The van der Waals surface area contributed by atoms with Gasteiger partial charge in [0.05, 0.1) is 6.54 Å². The number of aryl methyl sites for hydroxylation is 1. The van der Waals surface area contributed by atoms with Gasteiger partial charge in [0.25, 0.3) is 11.5 Å². The van der Waals surface area contributed by atoms with Gasteiger partial charge in [0.1, 0.15) is 5.69 Å². The zero-order valence-electron chi connectivity index (χ0n) is 16.1. The third-order valence-corrected chi connectivity index (χ3v) is 5.25. The number of amides is 2. The molecule has 0 aliphatic carbocycles. The van der Waals surface area contributed by atoms with Gasteiger partial charge in [0.15, 0.2) is 0 Å². The Morgan fingerprint density at radius 1 is 0.963 bits per heavy atom. The molecule has 2 saturated heterocycles. The van der Waals surface area contributed by atoms with Crippen LogP contribution in [0.15, 0.2) is 16.9 Å². The molecule has 8 nitrogen and oxygen atoms in total. The maximum Gasteiger partial charge on any atom is 0.274 e. The number of carbonyl (C=O) groups is 2. The standard InChI is InChI=1S/C19H29N5O3/c1-2-8-24-17(25)7-6-16(20-24)19(27)23-13-11-21(12-14-23)15-18(26)22-9-4-3-5-10-22/h6-7H,2-5,8-15H2,1H3. The Balaban J connectivity index is 1.52. The van der Waals surface area contributed by atoms with E-state index in [1.54, 1.807) is 4.90 Å². The van der Waals surface area contributed by atoms with E-state index in [1.807, 2.05) is 11.8 Å². The van der Waals surface area contributed by atoms with Crippen molar-refractivity contribution in [2.45, 2.75) is 39.2 Å². The Labute approximate surface area is 159 Å². The molecule has 3 rings (SSSR count). The van der Waals surface area contributed by atoms with E-state index in [0.29, 0.717) is 45.0 Å². The predicted octanol–water partition coefficient (Wildman–Crippen LogP) is 0.424. The predicted molar refractivity (Wildman–Crippen MR) is 102 cm³/mol. The number of rotatable bonds is 5. The molecule has 2 aliphatic rings. The quantitative estimate of drug-likeness (QED) is 0.745. The van der Waals surface area contributed by atoms with Crippen LogP contribution in [0.1, 0.15) is 43.1 Å². The molecule has 3 heterocycles. The summed E-state index contributed by atoms with van der Waals surface area (Å²) in [4.78, 5) is 42.7. The minimum atomic E-state index is -0.186. The lowest BCUT2D eigenvalue weighted by molar-refractivity contribution is -0.133. The summed E-state index contributed by atoms with van der Waals surface area (Å²) < 4.78 is 1.35. The molecule has 0 N–H and O–H groups in total. The second kappa shape index (κ2) is 9.12. The van der Waals surface area contributed by atoms with Crippen LogP contribution in [0, 0.1) is 0 Å². The second-order valence-corrected chi connectivity index (χ2v) is 7.29. The minimum Gasteiger partial charge on any atom is -0.342 e. The number of hydrogen-bond donors (Lipinski definition) is 0. The van der Waals surface area contributed by atoms with Crippen molar-refractivity contribution in [3.05, 3.63) is 28.2 Å². The van der Waals surface area contributed by atoms with Crippen molar-refractivity contribution in [1.29, 1.82) is 0 Å². The lowest BCUT2D eigenvalue weighted by Crippen LogP contribution is -2.52. The van der Waals surface area contributed by atoms with Gasteiger partial charge in [0, 0.05) is 51.9 Å². The zero-order valence-corrected chi connectivity index (χ0v) is 16.1. The first-order valence-corrected chi connectivity index (χ1v) is 9.96. The van der Waals surface area contributed by atoms with Gasteiger partial charge in [0.2, 0.25) is 5.91 Å². The lowest BCUT2D eigenvalue weighted by Gasteiger charge is -2.36. The molecule has 2 amide bonds. The highest BCUT2D eigenvalue weighted by Gasteiger charge is 2.26. The van der Waals surface area contributed by atoms with E-state index < -0.39 is 0 Å². The summed E-state index contributed by atoms with van der Waals surface area (Å²) in [6.45, 7) is 7.15. The van der Waals surface area contributed by atoms with Crippen LogP contribution < -0.4 is 5.56 Å². The van der Waals surface area contributed by atoms with Crippen LogP contribution in [-0.4, -0.2) is 82.1 Å². The summed E-state index contributed by atoms with van der Waals surface area (Å²) in [7, 11) is 0. The van der Waals surface area contributed by atoms with E-state index in [2.05, 4.69) is 10.00 Å². The number of piperidine rings is 1. The summed E-state index contributed by atoms with van der Waals surface area (Å²) in [5, 5.41) is 4.20. The highest BCUT2D eigenvalue weighted by atomic mass is 16.2. The van der Waals surface area contributed by atoms with Gasteiger partial charge in [-0.05, 0) is 31.7 Å². The normalized spacial score (nSPS) is 18.6. The highest BCUT2D eigenvalue weighted by Crippen LogP contribution is 2.11. The van der Waals surface area contributed by atoms with Crippen molar-refractivity contribution in [2.75, 3.05) is 45.8 Å². The molecule has 0 bridgehead atoms. The molecular formula is C19H29N5O3. The van der Waals surface area contributed by atoms with Gasteiger partial charge in [-0.25, -0.2) is 4.68 Å². The minimum absolute atomic E-state index is 0.151. The summed E-state index contributed by atoms with van der Waals surface area (Å²) >= 11 is 0. The molecular weight excluding hydrogens is 346 g/mol. The van der Waals surface area contributed by atoms with Crippen LogP contribution >= 0.6 is 0 Å². The number of piperazine rings is 1. The van der Waals surface area contributed by atoms with Crippen LogP contribution in [-0.2, 0) is 11.3 Å². The van der Waals surface area contributed by atoms with Crippen molar-refractivity contribution >= 4 is 11.8 Å². The SMILES string of the molecule is CCCn1nc(C(=O)N2CCN(CC(=O)N3CCCCC3)CC2)ccc1=O. The topological polar surface area (TPSA) is 78.8 Å². The zero-order chi connectivity index (χ0) is 19.2. The van der Waals surface area contributed by atoms with Crippen molar-refractivity contribution in [2.24, 2.45) is 0 Å². The molecule has 0 spiro atoms. The molecule has 0 saturated carbocycles. The van der Waals surface area contributed by atoms with Crippen LogP contribution in [0.3, 0.4) is 0 Å². The van der Waals surface area contributed by atoms with Crippen molar-refractivity contribution in [3.63, 3.8) is 0 Å². The third kappa shape index (κ3) is 4.94. The molecule has 27 heavy (non-hydrogen) atoms. The molecule has 2 fully saturated rings. The summed E-state index contributed by atoms with van der Waals surface area (Å²) in [5.74, 6) is 0.0460. The van der Waals surface area contributed by atoms with Gasteiger partial charge in [-0.3, -0.25) is 19.3 Å². The largest absolute Gasteiger partial charge is 0.342 e. The van der Waals surface area contributed by atoms with Crippen LogP contribution in [0.2, 0.25) is 0 Å². The van der Waals surface area contributed by atoms with Gasteiger partial charge in [-0.15, -0.1) is 0 Å². The maximum absolute atomic E-state index is 12.7. The Hall–Kier alpha value is -2.22. The van der Waals surface area contributed by atoms with E-state index in [1.165, 1.54) is 23.2 Å². The van der Waals surface area contributed by atoms with E-state index in [0.717, 1.165) is 32.4 Å².